The molecule has 0 radical (unpaired) electrons. The number of hydrogen-bond acceptors (Lipinski definition) is 8. The second kappa shape index (κ2) is 21.7. The Hall–Kier alpha value is -10.4. The first-order valence-electron chi connectivity index (χ1n) is 25.3. The molecule has 10 aromatic carbocycles. The fraction of sp³-hybridized carbons (Fsp3) is 0. The number of rotatable bonds is 15. The second-order valence-corrected chi connectivity index (χ2v) is 17.9. The van der Waals surface area contributed by atoms with E-state index in [2.05, 4.69) is 262 Å². The molecule has 12 aromatic rings. The van der Waals surface area contributed by atoms with Crippen molar-refractivity contribution in [1.82, 2.24) is 19.9 Å². The molecule has 0 aliphatic rings. The molecule has 0 amide bonds. The van der Waals surface area contributed by atoms with Crippen LogP contribution >= 0.6 is 0 Å². The number of aromatic nitrogens is 4. The first-order chi connectivity index (χ1) is 37.8. The van der Waals surface area contributed by atoms with Crippen molar-refractivity contribution in [3.63, 3.8) is 0 Å². The van der Waals surface area contributed by atoms with Crippen molar-refractivity contribution in [1.29, 1.82) is 0 Å². The number of nitrogens with zero attached hydrogens (tertiary/aromatic N) is 8. The maximum Gasteiger partial charge on any atom is 0.168 e. The summed E-state index contributed by atoms with van der Waals surface area (Å²) in [5.41, 5.74) is 11.0. The van der Waals surface area contributed by atoms with E-state index in [0.29, 0.717) is 46.0 Å². The van der Waals surface area contributed by atoms with E-state index in [9.17, 15) is 0 Å². The lowest BCUT2D eigenvalue weighted by molar-refractivity contribution is 1.05. The van der Waals surface area contributed by atoms with Crippen LogP contribution in [0.2, 0.25) is 0 Å². The van der Waals surface area contributed by atoms with Gasteiger partial charge in [0.05, 0.1) is 5.56 Å². The molecule has 0 atom stereocenters. The van der Waals surface area contributed by atoms with E-state index in [1.165, 1.54) is 0 Å². The van der Waals surface area contributed by atoms with Crippen LogP contribution in [0, 0.1) is 0 Å². The van der Waals surface area contributed by atoms with E-state index in [4.69, 9.17) is 19.9 Å². The van der Waals surface area contributed by atoms with Gasteiger partial charge in [-0.2, -0.15) is 0 Å². The number of para-hydroxylation sites is 8. The van der Waals surface area contributed by atoms with Crippen LogP contribution in [0.3, 0.4) is 0 Å². The topological polar surface area (TPSA) is 64.5 Å². The molecule has 0 saturated heterocycles. The molecule has 0 unspecified atom stereocenters. The number of benzene rings is 10. The van der Waals surface area contributed by atoms with Crippen molar-refractivity contribution < 1.29 is 0 Å². The van der Waals surface area contributed by atoms with Gasteiger partial charge in [0, 0.05) is 56.6 Å². The van der Waals surface area contributed by atoms with Crippen molar-refractivity contribution in [3.05, 3.63) is 303 Å². The summed E-state index contributed by atoms with van der Waals surface area (Å²) in [7, 11) is 0. The number of pyridine rings is 1. The average Bonchev–Trinajstić information content (AvgIpc) is 3.58. The largest absolute Gasteiger partial charge is 0.306 e. The van der Waals surface area contributed by atoms with Gasteiger partial charge in [0.15, 0.2) is 29.1 Å². The monoisotopic (exact) mass is 978 g/mol. The summed E-state index contributed by atoms with van der Waals surface area (Å²) in [6.07, 6.45) is 0. The van der Waals surface area contributed by atoms with E-state index in [0.717, 1.165) is 56.6 Å². The van der Waals surface area contributed by atoms with Crippen LogP contribution in [0.5, 0.6) is 0 Å². The average molecular weight is 979 g/mol. The lowest BCUT2D eigenvalue weighted by atomic mass is 10.0. The molecule has 0 spiro atoms. The first kappa shape index (κ1) is 46.6. The van der Waals surface area contributed by atoms with Crippen molar-refractivity contribution in [2.75, 3.05) is 19.6 Å². The third-order valence-electron chi connectivity index (χ3n) is 13.0. The molecule has 0 bridgehead atoms. The SMILES string of the molecule is c1ccc(-c2nc(-c3ccccc3)nc(-c3c(N(c4ccccc4)c4ccccc4)c(N(c4ccccc4)c4ccccc4)nc(N(c4ccccc4)c4ccccc4)c3N(c3ccccc3)c3ccccc3)n2)cc1. The maximum absolute atomic E-state index is 6.27. The van der Waals surface area contributed by atoms with Crippen LogP contribution in [0.1, 0.15) is 0 Å². The summed E-state index contributed by atoms with van der Waals surface area (Å²) in [6.45, 7) is 0. The minimum atomic E-state index is 0.429. The van der Waals surface area contributed by atoms with Gasteiger partial charge in [-0.05, 0) is 97.1 Å². The molecule has 12 rings (SSSR count). The predicted molar refractivity (Wildman–Crippen MR) is 313 cm³/mol. The molecular formula is C68H50N8. The lowest BCUT2D eigenvalue weighted by Crippen LogP contribution is -2.25. The van der Waals surface area contributed by atoms with Gasteiger partial charge in [-0.1, -0.05) is 206 Å². The van der Waals surface area contributed by atoms with Gasteiger partial charge in [0.1, 0.15) is 11.4 Å². The molecule has 0 aliphatic carbocycles. The minimum Gasteiger partial charge on any atom is -0.306 e. The Morgan fingerprint density at radius 1 is 0.184 bits per heavy atom. The highest BCUT2D eigenvalue weighted by Crippen LogP contribution is 2.58. The Morgan fingerprint density at radius 2 is 0.382 bits per heavy atom. The van der Waals surface area contributed by atoms with E-state index in [1.54, 1.807) is 0 Å². The van der Waals surface area contributed by atoms with Gasteiger partial charge in [-0.3, -0.25) is 9.80 Å². The van der Waals surface area contributed by atoms with Crippen molar-refractivity contribution in [2.45, 2.75) is 0 Å². The van der Waals surface area contributed by atoms with Crippen LogP contribution < -0.4 is 19.6 Å². The molecule has 2 aromatic heterocycles. The molecular weight excluding hydrogens is 929 g/mol. The zero-order chi connectivity index (χ0) is 50.9. The fourth-order valence-electron chi connectivity index (χ4n) is 9.63. The molecule has 362 valence electrons. The molecule has 8 nitrogen and oxygen atoms in total. The van der Waals surface area contributed by atoms with Gasteiger partial charge in [-0.15, -0.1) is 0 Å². The van der Waals surface area contributed by atoms with Gasteiger partial charge >= 0.3 is 0 Å². The van der Waals surface area contributed by atoms with Crippen molar-refractivity contribution in [2.24, 2.45) is 0 Å². The highest BCUT2D eigenvalue weighted by Gasteiger charge is 2.38. The second-order valence-electron chi connectivity index (χ2n) is 17.9. The fourth-order valence-corrected chi connectivity index (χ4v) is 9.63. The van der Waals surface area contributed by atoms with Crippen molar-refractivity contribution >= 4 is 68.5 Å². The highest BCUT2D eigenvalue weighted by atomic mass is 15.3. The molecule has 0 N–H and O–H groups in total. The van der Waals surface area contributed by atoms with E-state index in [1.807, 2.05) is 60.7 Å². The number of hydrogen-bond donors (Lipinski definition) is 0. The quantitative estimate of drug-likeness (QED) is 0.101. The number of anilines is 12. The molecule has 2 heterocycles. The zero-order valence-corrected chi connectivity index (χ0v) is 41.4. The summed E-state index contributed by atoms with van der Waals surface area (Å²) < 4.78 is 0. The summed E-state index contributed by atoms with van der Waals surface area (Å²) in [5, 5.41) is 0. The van der Waals surface area contributed by atoms with E-state index < -0.39 is 0 Å². The highest BCUT2D eigenvalue weighted by molar-refractivity contribution is 6.08. The van der Waals surface area contributed by atoms with E-state index >= 15 is 0 Å². The van der Waals surface area contributed by atoms with Crippen LogP contribution in [0.25, 0.3) is 34.2 Å². The third kappa shape index (κ3) is 9.53. The minimum absolute atomic E-state index is 0.429. The van der Waals surface area contributed by atoms with Gasteiger partial charge < -0.3 is 9.80 Å². The summed E-state index contributed by atoms with van der Waals surface area (Å²) in [6, 6.07) is 104. The van der Waals surface area contributed by atoms with Crippen LogP contribution in [-0.4, -0.2) is 19.9 Å². The standard InChI is InChI=1S/C68H50N8/c1-11-31-51(32-12-1)64-69-65(52-33-13-2-14-34-52)71-66(70-64)61-62(73(53-35-15-3-16-36-53)54-37-17-4-18-38-54)67(75(57-43-23-7-24-44-57)58-45-25-8-26-46-58)72-68(76(59-47-27-9-28-48-59)60-49-29-10-30-50-60)63(61)74(55-39-19-5-20-40-55)56-41-21-6-22-42-56/h1-50H. The Bertz CT molecular complexity index is 3380. The zero-order valence-electron chi connectivity index (χ0n) is 41.4. The maximum atomic E-state index is 6.27. The summed E-state index contributed by atoms with van der Waals surface area (Å²) in [5.74, 6) is 2.69. The Balaban J connectivity index is 1.38. The first-order valence-corrected chi connectivity index (χ1v) is 25.3. The molecule has 0 fully saturated rings. The summed E-state index contributed by atoms with van der Waals surface area (Å²) in [4.78, 5) is 32.1. The Labute approximate surface area is 443 Å². The molecule has 0 aliphatic heterocycles. The Kier molecular flexibility index (Phi) is 13.3. The third-order valence-corrected chi connectivity index (χ3v) is 13.0. The van der Waals surface area contributed by atoms with Gasteiger partial charge in [0.25, 0.3) is 0 Å². The van der Waals surface area contributed by atoms with Crippen LogP contribution in [-0.2, 0) is 0 Å². The van der Waals surface area contributed by atoms with Gasteiger partial charge in [-0.25, -0.2) is 19.9 Å². The lowest BCUT2D eigenvalue weighted by Gasteiger charge is -2.39. The van der Waals surface area contributed by atoms with Crippen molar-refractivity contribution in [3.8, 4) is 34.2 Å². The Morgan fingerprint density at radius 3 is 0.618 bits per heavy atom. The van der Waals surface area contributed by atoms with Crippen LogP contribution in [0.15, 0.2) is 303 Å². The predicted octanol–water partition coefficient (Wildman–Crippen LogP) is 18.1. The van der Waals surface area contributed by atoms with Gasteiger partial charge in [0.2, 0.25) is 0 Å². The molecule has 0 saturated carbocycles. The molecule has 76 heavy (non-hydrogen) atoms. The van der Waals surface area contributed by atoms with Crippen LogP contribution in [0.4, 0.5) is 68.5 Å². The molecule has 8 heteroatoms. The normalized spacial score (nSPS) is 10.9. The smallest absolute Gasteiger partial charge is 0.168 e. The van der Waals surface area contributed by atoms with E-state index in [-0.39, 0.29) is 0 Å². The summed E-state index contributed by atoms with van der Waals surface area (Å²) >= 11 is 0.